The van der Waals surface area contributed by atoms with E-state index < -0.39 is 24.3 Å². The zero-order valence-corrected chi connectivity index (χ0v) is 15.9. The molecule has 7 nitrogen and oxygen atoms in total. The van der Waals surface area contributed by atoms with Gasteiger partial charge in [0.05, 0.1) is 0 Å². The van der Waals surface area contributed by atoms with Crippen molar-refractivity contribution in [3.63, 3.8) is 0 Å². The summed E-state index contributed by atoms with van der Waals surface area (Å²) < 4.78 is 15.3. The maximum atomic E-state index is 11.7. The van der Waals surface area contributed by atoms with Crippen LogP contribution in [0.15, 0.2) is 24.3 Å². The van der Waals surface area contributed by atoms with Gasteiger partial charge in [-0.3, -0.25) is 9.59 Å². The minimum absolute atomic E-state index is 0. The van der Waals surface area contributed by atoms with Crippen LogP contribution in [0.2, 0.25) is 5.02 Å². The second kappa shape index (κ2) is 13.8. The van der Waals surface area contributed by atoms with Crippen LogP contribution in [0, 0.1) is 5.92 Å². The first kappa shape index (κ1) is 25.7. The van der Waals surface area contributed by atoms with Crippen LogP contribution in [-0.2, 0) is 19.1 Å². The Labute approximate surface area is 186 Å². The molecule has 146 valence electrons. The number of benzene rings is 1. The van der Waals surface area contributed by atoms with Crippen LogP contribution in [0.3, 0.4) is 0 Å². The Kier molecular flexibility index (Phi) is 13.2. The summed E-state index contributed by atoms with van der Waals surface area (Å²) in [5, 5.41) is 3.06. The summed E-state index contributed by atoms with van der Waals surface area (Å²) in [6.07, 6.45) is -0.954. The molecule has 1 aromatic rings. The predicted octanol–water partition coefficient (Wildman–Crippen LogP) is 3.04. The van der Waals surface area contributed by atoms with Gasteiger partial charge in [-0.2, -0.15) is 0 Å². The molecule has 0 saturated carbocycles. The van der Waals surface area contributed by atoms with E-state index in [1.807, 2.05) is 0 Å². The van der Waals surface area contributed by atoms with Crippen LogP contribution in [0.1, 0.15) is 40.0 Å². The molecule has 0 heterocycles. The van der Waals surface area contributed by atoms with Gasteiger partial charge in [-0.05, 0) is 30.7 Å². The Morgan fingerprint density at radius 3 is 2.26 bits per heavy atom. The van der Waals surface area contributed by atoms with Gasteiger partial charge in [0.15, 0.2) is 0 Å². The van der Waals surface area contributed by atoms with Crippen molar-refractivity contribution in [3.8, 4) is 5.75 Å². The topological polar surface area (TPSA) is 90.9 Å². The van der Waals surface area contributed by atoms with E-state index in [1.165, 1.54) is 0 Å². The van der Waals surface area contributed by atoms with Gasteiger partial charge in [-0.15, -0.1) is 0 Å². The number of halogens is 1. The van der Waals surface area contributed by atoms with Gasteiger partial charge in [0, 0.05) is 30.3 Å². The molecule has 0 aromatic heterocycles. The fourth-order valence-electron chi connectivity index (χ4n) is 1.76. The van der Waals surface area contributed by atoms with Gasteiger partial charge in [-0.1, -0.05) is 32.4 Å². The summed E-state index contributed by atoms with van der Waals surface area (Å²) in [5.41, 5.74) is 0. The molecule has 0 saturated heterocycles. The molecular weight excluding hydrogens is 385 g/mol. The average Bonchev–Trinajstić information content (AvgIpc) is 2.60. The van der Waals surface area contributed by atoms with E-state index in [2.05, 4.69) is 5.32 Å². The first-order valence-electron chi connectivity index (χ1n) is 8.42. The Balaban J connectivity index is 0.00000676. The molecule has 0 aliphatic carbocycles. The van der Waals surface area contributed by atoms with Crippen molar-refractivity contribution in [1.29, 1.82) is 0 Å². The quantitative estimate of drug-likeness (QED) is 0.221. The van der Waals surface area contributed by atoms with Crippen LogP contribution >= 0.6 is 11.6 Å². The van der Waals surface area contributed by atoms with Crippen molar-refractivity contribution in [2.45, 2.75) is 46.3 Å². The third-order valence-electron chi connectivity index (χ3n) is 3.18. The normalized spacial score (nSPS) is 11.1. The molecule has 1 aromatic carbocycles. The molecule has 9 heteroatoms. The molecule has 0 spiro atoms. The Morgan fingerprint density at radius 2 is 1.70 bits per heavy atom. The number of alkyl carbamates (subject to hydrolysis) is 1. The number of nitrogens with one attached hydrogen (secondary N) is 1. The van der Waals surface area contributed by atoms with Crippen molar-refractivity contribution in [2.75, 3.05) is 6.54 Å². The Morgan fingerprint density at radius 1 is 1.07 bits per heavy atom. The van der Waals surface area contributed by atoms with Gasteiger partial charge in [0.2, 0.25) is 0 Å². The summed E-state index contributed by atoms with van der Waals surface area (Å²) in [7, 11) is 0. The van der Waals surface area contributed by atoms with Gasteiger partial charge < -0.3 is 19.5 Å². The van der Waals surface area contributed by atoms with Gasteiger partial charge >= 0.3 is 47.6 Å². The molecule has 0 radical (unpaired) electrons. The van der Waals surface area contributed by atoms with Crippen molar-refractivity contribution in [2.24, 2.45) is 5.92 Å². The molecule has 1 rings (SSSR count). The summed E-state index contributed by atoms with van der Waals surface area (Å²) in [4.78, 5) is 34.8. The fourth-order valence-corrected chi connectivity index (χ4v) is 1.89. The van der Waals surface area contributed by atoms with Crippen molar-refractivity contribution in [3.05, 3.63) is 29.3 Å². The second-order valence-corrected chi connectivity index (χ2v) is 6.26. The van der Waals surface area contributed by atoms with Crippen molar-refractivity contribution >= 4 is 59.2 Å². The summed E-state index contributed by atoms with van der Waals surface area (Å²) in [6.45, 7) is 5.42. The molecule has 0 fully saturated rings. The first-order valence-corrected chi connectivity index (χ1v) is 8.79. The van der Waals surface area contributed by atoms with Crippen molar-refractivity contribution in [1.82, 2.24) is 5.32 Å². The zero-order chi connectivity index (χ0) is 19.5. The zero-order valence-electron chi connectivity index (χ0n) is 15.1. The maximum absolute atomic E-state index is 11.7. The standard InChI is InChI=1S/C18H24ClNO6.Na.H/c1-4-15(21)25-17(12(2)3)26-18(23)20-11-5-6-16(22)24-14-9-7-13(19)8-10-14;;/h7-10,12,17H,4-6,11H2,1-3H3,(H,20,23);;. The van der Waals surface area contributed by atoms with E-state index in [4.69, 9.17) is 25.8 Å². The third-order valence-corrected chi connectivity index (χ3v) is 3.43. The van der Waals surface area contributed by atoms with Gasteiger partial charge in [-0.25, -0.2) is 4.79 Å². The molecule has 1 amide bonds. The Hall–Kier alpha value is -1.28. The number of hydrogen-bond donors (Lipinski definition) is 1. The summed E-state index contributed by atoms with van der Waals surface area (Å²) >= 11 is 5.75. The number of carbonyl (C=O) groups excluding carboxylic acids is 3. The Bertz CT molecular complexity index is 608. The molecule has 1 N–H and O–H groups in total. The third kappa shape index (κ3) is 11.2. The van der Waals surface area contributed by atoms with E-state index in [-0.39, 0.29) is 54.9 Å². The molecule has 0 aliphatic heterocycles. The number of rotatable bonds is 9. The van der Waals surface area contributed by atoms with E-state index >= 15 is 0 Å². The van der Waals surface area contributed by atoms with E-state index in [9.17, 15) is 14.4 Å². The summed E-state index contributed by atoms with van der Waals surface area (Å²) in [6, 6.07) is 6.44. The number of amides is 1. The minimum atomic E-state index is -0.947. The monoisotopic (exact) mass is 409 g/mol. The fraction of sp³-hybridized carbons (Fsp3) is 0.500. The number of esters is 2. The van der Waals surface area contributed by atoms with E-state index in [0.717, 1.165) is 0 Å². The average molecular weight is 410 g/mol. The van der Waals surface area contributed by atoms with Crippen LogP contribution in [0.5, 0.6) is 5.75 Å². The van der Waals surface area contributed by atoms with E-state index in [1.54, 1.807) is 45.0 Å². The predicted molar refractivity (Wildman–Crippen MR) is 103 cm³/mol. The first-order chi connectivity index (χ1) is 12.3. The molecule has 0 aliphatic rings. The van der Waals surface area contributed by atoms with Crippen LogP contribution < -0.4 is 10.1 Å². The molecule has 0 bridgehead atoms. The number of carbonyl (C=O) groups is 3. The second-order valence-electron chi connectivity index (χ2n) is 5.82. The van der Waals surface area contributed by atoms with E-state index in [0.29, 0.717) is 17.2 Å². The van der Waals surface area contributed by atoms with Crippen LogP contribution in [-0.4, -0.2) is 60.4 Å². The molecule has 1 atom stereocenters. The van der Waals surface area contributed by atoms with Crippen molar-refractivity contribution < 1.29 is 28.6 Å². The number of hydrogen-bond acceptors (Lipinski definition) is 6. The number of ether oxygens (including phenoxy) is 3. The van der Waals surface area contributed by atoms with Gasteiger partial charge in [0.25, 0.3) is 6.29 Å². The van der Waals surface area contributed by atoms with Crippen LogP contribution in [0.4, 0.5) is 4.79 Å². The van der Waals surface area contributed by atoms with Crippen LogP contribution in [0.25, 0.3) is 0 Å². The SMILES string of the molecule is CCC(=O)OC(OC(=O)NCCCC(=O)Oc1ccc(Cl)cc1)C(C)C.[NaH]. The summed E-state index contributed by atoms with van der Waals surface area (Å²) in [5.74, 6) is -0.629. The molecule has 27 heavy (non-hydrogen) atoms. The van der Waals surface area contributed by atoms with Gasteiger partial charge in [0.1, 0.15) is 5.75 Å². The molecule has 1 unspecified atom stereocenters. The molecular formula is C18H25ClNNaO6.